The van der Waals surface area contributed by atoms with Crippen LogP contribution < -0.4 is 0 Å². The normalized spacial score (nSPS) is 13.0. The molecule has 0 aliphatic carbocycles. The minimum absolute atomic E-state index is 0.402. The summed E-state index contributed by atoms with van der Waals surface area (Å²) in [6.07, 6.45) is 0.332. The number of benzene rings is 3. The minimum atomic E-state index is -0.402. The van der Waals surface area contributed by atoms with Gasteiger partial charge in [0.1, 0.15) is 0 Å². The quantitative estimate of drug-likeness (QED) is 0.652. The number of aliphatic hydroxyl groups is 1. The van der Waals surface area contributed by atoms with Crippen LogP contribution >= 0.6 is 0 Å². The summed E-state index contributed by atoms with van der Waals surface area (Å²) in [5.74, 6) is 0. The fourth-order valence-electron chi connectivity index (χ4n) is 2.61. The molecule has 3 aromatic carbocycles. The molecule has 3 rings (SSSR count). The summed E-state index contributed by atoms with van der Waals surface area (Å²) in [6.45, 7) is 2.02. The zero-order valence-electron chi connectivity index (χ0n) is 10.4. The fourth-order valence-corrected chi connectivity index (χ4v) is 2.61. The van der Waals surface area contributed by atoms with E-state index in [1.54, 1.807) is 0 Å². The molecule has 0 radical (unpaired) electrons. The van der Waals surface area contributed by atoms with Crippen LogP contribution in [0.2, 0.25) is 0 Å². The highest BCUT2D eigenvalue weighted by Crippen LogP contribution is 2.33. The largest absolute Gasteiger partial charge is 0.388 e. The lowest BCUT2D eigenvalue weighted by atomic mass is 9.92. The standard InChI is InChI=1S/C17H16O/c1-2-16(18)17-14-9-5-3-7-12(14)11-13-8-4-6-10-15(13)17/h3-11,16,18H,2H2,1H3/t16-/m0/s1. The topological polar surface area (TPSA) is 20.2 Å². The maximum Gasteiger partial charge on any atom is 0.0799 e. The molecule has 0 aliphatic rings. The van der Waals surface area contributed by atoms with E-state index in [4.69, 9.17) is 0 Å². The van der Waals surface area contributed by atoms with Gasteiger partial charge in [-0.25, -0.2) is 0 Å². The average molecular weight is 236 g/mol. The summed E-state index contributed by atoms with van der Waals surface area (Å²) in [4.78, 5) is 0. The van der Waals surface area contributed by atoms with Gasteiger partial charge in [-0.2, -0.15) is 0 Å². The molecule has 0 amide bonds. The second-order valence-electron chi connectivity index (χ2n) is 4.66. The van der Waals surface area contributed by atoms with E-state index >= 15 is 0 Å². The van der Waals surface area contributed by atoms with Crippen LogP contribution in [0.25, 0.3) is 21.5 Å². The third kappa shape index (κ3) is 1.68. The number of aliphatic hydroxyl groups excluding tert-OH is 1. The first kappa shape index (κ1) is 11.2. The minimum Gasteiger partial charge on any atom is -0.388 e. The molecule has 3 aromatic rings. The maximum atomic E-state index is 10.3. The lowest BCUT2D eigenvalue weighted by Crippen LogP contribution is -1.98. The summed E-state index contributed by atoms with van der Waals surface area (Å²) in [5.41, 5.74) is 1.06. The molecule has 0 bridgehead atoms. The van der Waals surface area contributed by atoms with Crippen molar-refractivity contribution in [2.24, 2.45) is 0 Å². The number of hydrogen-bond donors (Lipinski definition) is 1. The van der Waals surface area contributed by atoms with Gasteiger partial charge in [-0.3, -0.25) is 0 Å². The van der Waals surface area contributed by atoms with Crippen LogP contribution in [0.3, 0.4) is 0 Å². The van der Waals surface area contributed by atoms with Crippen LogP contribution in [0.15, 0.2) is 54.6 Å². The molecule has 0 heterocycles. The van der Waals surface area contributed by atoms with Gasteiger partial charge in [0.15, 0.2) is 0 Å². The van der Waals surface area contributed by atoms with Gasteiger partial charge in [0.2, 0.25) is 0 Å². The molecule has 1 nitrogen and oxygen atoms in total. The Balaban J connectivity index is 2.49. The van der Waals surface area contributed by atoms with E-state index in [0.29, 0.717) is 0 Å². The summed E-state index contributed by atoms with van der Waals surface area (Å²) in [7, 11) is 0. The van der Waals surface area contributed by atoms with Crippen LogP contribution in [-0.2, 0) is 0 Å². The molecule has 18 heavy (non-hydrogen) atoms. The first-order valence-electron chi connectivity index (χ1n) is 6.39. The summed E-state index contributed by atoms with van der Waals surface area (Å²) in [5, 5.41) is 15.0. The Kier molecular flexibility index (Phi) is 2.77. The molecule has 1 N–H and O–H groups in total. The Bertz CT molecular complexity index is 646. The zero-order valence-corrected chi connectivity index (χ0v) is 10.4. The van der Waals surface area contributed by atoms with Crippen molar-refractivity contribution >= 4 is 21.5 Å². The van der Waals surface area contributed by atoms with E-state index in [0.717, 1.165) is 22.8 Å². The van der Waals surface area contributed by atoms with Crippen molar-refractivity contribution in [3.05, 3.63) is 60.2 Å². The van der Waals surface area contributed by atoms with E-state index in [1.165, 1.54) is 10.8 Å². The Morgan fingerprint density at radius 2 is 1.39 bits per heavy atom. The lowest BCUT2D eigenvalue weighted by molar-refractivity contribution is 0.176. The van der Waals surface area contributed by atoms with Crippen molar-refractivity contribution in [1.29, 1.82) is 0 Å². The van der Waals surface area contributed by atoms with Gasteiger partial charge in [0.05, 0.1) is 6.10 Å². The molecule has 1 atom stereocenters. The van der Waals surface area contributed by atoms with Crippen LogP contribution in [0.4, 0.5) is 0 Å². The molecule has 0 aromatic heterocycles. The molecule has 0 spiro atoms. The van der Waals surface area contributed by atoms with Gasteiger partial charge >= 0.3 is 0 Å². The molecular weight excluding hydrogens is 220 g/mol. The first-order chi connectivity index (χ1) is 8.81. The van der Waals surface area contributed by atoms with E-state index in [9.17, 15) is 5.11 Å². The highest BCUT2D eigenvalue weighted by Gasteiger charge is 2.13. The predicted octanol–water partition coefficient (Wildman–Crippen LogP) is 4.44. The van der Waals surface area contributed by atoms with Gasteiger partial charge in [-0.1, -0.05) is 55.5 Å². The van der Waals surface area contributed by atoms with Crippen molar-refractivity contribution in [2.75, 3.05) is 0 Å². The van der Waals surface area contributed by atoms with Gasteiger partial charge in [0, 0.05) is 0 Å². The molecule has 1 heteroatoms. The number of fused-ring (bicyclic) bond motifs is 2. The molecule has 0 unspecified atom stereocenters. The van der Waals surface area contributed by atoms with Gasteiger partial charge in [-0.15, -0.1) is 0 Å². The second-order valence-corrected chi connectivity index (χ2v) is 4.66. The monoisotopic (exact) mass is 236 g/mol. The average Bonchev–Trinajstić information content (AvgIpc) is 2.44. The van der Waals surface area contributed by atoms with Crippen molar-refractivity contribution in [2.45, 2.75) is 19.4 Å². The Hall–Kier alpha value is -1.86. The van der Waals surface area contributed by atoms with E-state index < -0.39 is 6.10 Å². The molecule has 0 fully saturated rings. The molecule has 0 saturated heterocycles. The van der Waals surface area contributed by atoms with Crippen LogP contribution in [-0.4, -0.2) is 5.11 Å². The van der Waals surface area contributed by atoms with Crippen LogP contribution in [0.5, 0.6) is 0 Å². The summed E-state index contributed by atoms with van der Waals surface area (Å²) in [6, 6.07) is 18.7. The molecule has 0 saturated carbocycles. The van der Waals surface area contributed by atoms with Gasteiger partial charge < -0.3 is 5.11 Å². The van der Waals surface area contributed by atoms with Crippen molar-refractivity contribution < 1.29 is 5.11 Å². The lowest BCUT2D eigenvalue weighted by Gasteiger charge is -2.15. The van der Waals surface area contributed by atoms with Crippen molar-refractivity contribution in [3.8, 4) is 0 Å². The van der Waals surface area contributed by atoms with Crippen molar-refractivity contribution in [1.82, 2.24) is 0 Å². The summed E-state index contributed by atoms with van der Waals surface area (Å²) >= 11 is 0. The fraction of sp³-hybridized carbons (Fsp3) is 0.176. The number of hydrogen-bond acceptors (Lipinski definition) is 1. The van der Waals surface area contributed by atoms with Gasteiger partial charge in [-0.05, 0) is 39.6 Å². The van der Waals surface area contributed by atoms with Crippen molar-refractivity contribution in [3.63, 3.8) is 0 Å². The highest BCUT2D eigenvalue weighted by atomic mass is 16.3. The van der Waals surface area contributed by atoms with Crippen LogP contribution in [0.1, 0.15) is 25.0 Å². The van der Waals surface area contributed by atoms with E-state index in [2.05, 4.69) is 30.3 Å². The van der Waals surface area contributed by atoms with Crippen LogP contribution in [0, 0.1) is 0 Å². The summed E-state index contributed by atoms with van der Waals surface area (Å²) < 4.78 is 0. The van der Waals surface area contributed by atoms with Gasteiger partial charge in [0.25, 0.3) is 0 Å². The third-order valence-electron chi connectivity index (χ3n) is 3.53. The first-order valence-corrected chi connectivity index (χ1v) is 6.39. The second kappa shape index (κ2) is 4.43. The van der Waals surface area contributed by atoms with E-state index in [1.807, 2.05) is 31.2 Å². The predicted molar refractivity (Wildman–Crippen MR) is 76.7 cm³/mol. The third-order valence-corrected chi connectivity index (χ3v) is 3.53. The Labute approximate surface area is 107 Å². The Morgan fingerprint density at radius 3 is 1.89 bits per heavy atom. The smallest absolute Gasteiger partial charge is 0.0799 e. The molecule has 90 valence electrons. The Morgan fingerprint density at radius 1 is 0.889 bits per heavy atom. The zero-order chi connectivity index (χ0) is 12.5. The molecular formula is C17H16O. The number of rotatable bonds is 2. The molecule has 0 aliphatic heterocycles. The van der Waals surface area contributed by atoms with E-state index in [-0.39, 0.29) is 0 Å². The SMILES string of the molecule is CC[C@H](O)c1c2ccccc2cc2ccccc12. The highest BCUT2D eigenvalue weighted by molar-refractivity contribution is 6.02. The maximum absolute atomic E-state index is 10.3.